The van der Waals surface area contributed by atoms with Gasteiger partial charge in [0.25, 0.3) is 5.91 Å². The number of aryl methyl sites for hydroxylation is 1. The molecule has 1 aromatic heterocycles. The third kappa shape index (κ3) is 3.18. The molecule has 4 rings (SSSR count). The number of hydrogen-bond donors (Lipinski definition) is 1. The van der Waals surface area contributed by atoms with Gasteiger partial charge in [0.05, 0.1) is 6.04 Å². The number of nitrogens with zero attached hydrogens (tertiary/aromatic N) is 3. The highest BCUT2D eigenvalue weighted by Gasteiger charge is 2.29. The van der Waals surface area contributed by atoms with Crippen molar-refractivity contribution in [3.8, 4) is 11.5 Å². The number of benzene rings is 1. The van der Waals surface area contributed by atoms with Gasteiger partial charge in [-0.2, -0.15) is 0 Å². The Balaban J connectivity index is 1.44. The molecule has 0 radical (unpaired) electrons. The predicted molar refractivity (Wildman–Crippen MR) is 90.5 cm³/mol. The molecule has 1 aromatic carbocycles. The molecule has 0 bridgehead atoms. The van der Waals surface area contributed by atoms with E-state index in [1.54, 1.807) is 6.07 Å². The number of para-hydroxylation sites is 2. The summed E-state index contributed by atoms with van der Waals surface area (Å²) in [7, 11) is 0. The summed E-state index contributed by atoms with van der Waals surface area (Å²) in [6, 6.07) is 7.14. The fourth-order valence-electron chi connectivity index (χ4n) is 3.35. The Morgan fingerprint density at radius 2 is 2.08 bits per heavy atom. The third-order valence-electron chi connectivity index (χ3n) is 4.69. The maximum atomic E-state index is 12.6. The highest BCUT2D eigenvalue weighted by atomic mass is 16.6. The summed E-state index contributed by atoms with van der Waals surface area (Å²) >= 11 is 0. The summed E-state index contributed by atoms with van der Waals surface area (Å²) in [4.78, 5) is 12.6. The molecule has 0 fully saturated rings. The molecule has 2 aliphatic heterocycles. The Morgan fingerprint density at radius 3 is 2.96 bits per heavy atom. The number of fused-ring (bicyclic) bond motifs is 2. The molecular weight excluding hydrogens is 320 g/mol. The van der Waals surface area contributed by atoms with E-state index in [4.69, 9.17) is 9.47 Å². The van der Waals surface area contributed by atoms with Crippen molar-refractivity contribution in [3.63, 3.8) is 0 Å². The van der Waals surface area contributed by atoms with Crippen molar-refractivity contribution in [2.24, 2.45) is 0 Å². The van der Waals surface area contributed by atoms with Crippen molar-refractivity contribution in [2.45, 2.75) is 51.3 Å². The average molecular weight is 342 g/mol. The van der Waals surface area contributed by atoms with Crippen molar-refractivity contribution in [2.75, 3.05) is 6.61 Å². The first-order chi connectivity index (χ1) is 12.2. The Labute approximate surface area is 146 Å². The van der Waals surface area contributed by atoms with Crippen LogP contribution in [0.4, 0.5) is 0 Å². The van der Waals surface area contributed by atoms with E-state index in [0.717, 1.165) is 37.5 Å². The molecule has 7 heteroatoms. The second kappa shape index (κ2) is 6.74. The lowest BCUT2D eigenvalue weighted by Crippen LogP contribution is -2.45. The molecule has 0 saturated carbocycles. The minimum atomic E-state index is -0.663. The van der Waals surface area contributed by atoms with E-state index < -0.39 is 6.10 Å². The number of nitrogens with one attached hydrogen (secondary N) is 1. The zero-order valence-corrected chi connectivity index (χ0v) is 14.3. The minimum Gasteiger partial charge on any atom is -0.485 e. The first-order valence-corrected chi connectivity index (χ1v) is 8.83. The summed E-state index contributed by atoms with van der Waals surface area (Å²) in [6.07, 6.45) is 3.75. The Bertz CT molecular complexity index is 773. The van der Waals surface area contributed by atoms with Gasteiger partial charge in [-0.05, 0) is 31.9 Å². The lowest BCUT2D eigenvalue weighted by Gasteiger charge is -2.26. The number of carbonyl (C=O) groups is 1. The van der Waals surface area contributed by atoms with Gasteiger partial charge in [-0.3, -0.25) is 4.79 Å². The van der Waals surface area contributed by atoms with Crippen LogP contribution < -0.4 is 14.8 Å². The number of aromatic nitrogens is 3. The van der Waals surface area contributed by atoms with Crippen LogP contribution in [0.1, 0.15) is 43.9 Å². The molecule has 25 heavy (non-hydrogen) atoms. The molecule has 1 N–H and O–H groups in total. The lowest BCUT2D eigenvalue weighted by molar-refractivity contribution is -0.131. The van der Waals surface area contributed by atoms with E-state index >= 15 is 0 Å². The summed E-state index contributed by atoms with van der Waals surface area (Å²) < 4.78 is 13.5. The van der Waals surface area contributed by atoms with Gasteiger partial charge in [0, 0.05) is 13.0 Å². The first-order valence-electron chi connectivity index (χ1n) is 8.83. The molecule has 2 aromatic rings. The Morgan fingerprint density at radius 1 is 1.24 bits per heavy atom. The van der Waals surface area contributed by atoms with Gasteiger partial charge in [0.2, 0.25) is 6.10 Å². The molecule has 0 aliphatic carbocycles. The topological polar surface area (TPSA) is 78.3 Å². The van der Waals surface area contributed by atoms with Gasteiger partial charge < -0.3 is 19.4 Å². The number of rotatable bonds is 3. The smallest absolute Gasteiger partial charge is 0.265 e. The van der Waals surface area contributed by atoms with Crippen molar-refractivity contribution in [1.82, 2.24) is 20.1 Å². The van der Waals surface area contributed by atoms with E-state index in [0.29, 0.717) is 11.5 Å². The molecule has 0 spiro atoms. The maximum absolute atomic E-state index is 12.6. The zero-order valence-electron chi connectivity index (χ0n) is 14.3. The van der Waals surface area contributed by atoms with Crippen LogP contribution in [0.25, 0.3) is 0 Å². The molecule has 2 aliphatic rings. The number of carbonyl (C=O) groups excluding carboxylic acids is 1. The standard InChI is InChI=1S/C18H22N4O3/c1-12(17-21-20-16-9-3-2-6-10-22(16)17)19-18(23)15-11-24-13-7-4-5-8-14(13)25-15/h4-5,7-8,12,15H,2-3,6,9-11H2,1H3,(H,19,23). The fraction of sp³-hybridized carbons (Fsp3) is 0.500. The van der Waals surface area contributed by atoms with Crippen LogP contribution in [-0.2, 0) is 17.8 Å². The minimum absolute atomic E-state index is 0.201. The number of amides is 1. The second-order valence-electron chi connectivity index (χ2n) is 6.53. The monoisotopic (exact) mass is 342 g/mol. The van der Waals surface area contributed by atoms with E-state index in [1.165, 1.54) is 6.42 Å². The Kier molecular flexibility index (Phi) is 4.29. The van der Waals surface area contributed by atoms with Gasteiger partial charge in [0.15, 0.2) is 17.3 Å². The van der Waals surface area contributed by atoms with E-state index in [-0.39, 0.29) is 18.6 Å². The van der Waals surface area contributed by atoms with Crippen molar-refractivity contribution >= 4 is 5.91 Å². The normalized spacial score (nSPS) is 20.3. The maximum Gasteiger partial charge on any atom is 0.265 e. The van der Waals surface area contributed by atoms with Gasteiger partial charge in [-0.25, -0.2) is 0 Å². The van der Waals surface area contributed by atoms with Crippen molar-refractivity contribution in [3.05, 3.63) is 35.9 Å². The van der Waals surface area contributed by atoms with Crippen LogP contribution in [0.5, 0.6) is 11.5 Å². The third-order valence-corrected chi connectivity index (χ3v) is 4.69. The van der Waals surface area contributed by atoms with Gasteiger partial charge >= 0.3 is 0 Å². The van der Waals surface area contributed by atoms with Crippen LogP contribution >= 0.6 is 0 Å². The highest BCUT2D eigenvalue weighted by Crippen LogP contribution is 2.31. The fourth-order valence-corrected chi connectivity index (χ4v) is 3.35. The highest BCUT2D eigenvalue weighted by molar-refractivity contribution is 5.82. The molecule has 2 atom stereocenters. The Hall–Kier alpha value is -2.57. The van der Waals surface area contributed by atoms with E-state index in [9.17, 15) is 4.79 Å². The van der Waals surface area contributed by atoms with Crippen molar-refractivity contribution in [1.29, 1.82) is 0 Å². The lowest BCUT2D eigenvalue weighted by atomic mass is 10.2. The molecular formula is C18H22N4O3. The van der Waals surface area contributed by atoms with Crippen LogP contribution in [0.2, 0.25) is 0 Å². The molecule has 1 amide bonds. The van der Waals surface area contributed by atoms with Gasteiger partial charge in [0.1, 0.15) is 12.4 Å². The quantitative estimate of drug-likeness (QED) is 0.923. The molecule has 3 heterocycles. The SMILES string of the molecule is CC(NC(=O)C1COc2ccccc2O1)c1nnc2n1CCCCC2. The molecule has 2 unspecified atom stereocenters. The summed E-state index contributed by atoms with van der Waals surface area (Å²) in [6.45, 7) is 3.04. The van der Waals surface area contributed by atoms with Crippen LogP contribution in [0.3, 0.4) is 0 Å². The van der Waals surface area contributed by atoms with E-state index in [2.05, 4.69) is 20.1 Å². The summed E-state index contributed by atoms with van der Waals surface area (Å²) in [5.74, 6) is 2.88. The predicted octanol–water partition coefficient (Wildman–Crippen LogP) is 2.02. The molecule has 7 nitrogen and oxygen atoms in total. The molecule has 132 valence electrons. The number of hydrogen-bond acceptors (Lipinski definition) is 5. The van der Waals surface area contributed by atoms with Crippen LogP contribution in [0.15, 0.2) is 24.3 Å². The van der Waals surface area contributed by atoms with Gasteiger partial charge in [-0.1, -0.05) is 18.6 Å². The average Bonchev–Trinajstić information content (AvgIpc) is 2.90. The second-order valence-corrected chi connectivity index (χ2v) is 6.53. The van der Waals surface area contributed by atoms with Crippen LogP contribution in [0, 0.1) is 0 Å². The van der Waals surface area contributed by atoms with Crippen molar-refractivity contribution < 1.29 is 14.3 Å². The molecule has 0 saturated heterocycles. The number of ether oxygens (including phenoxy) is 2. The zero-order chi connectivity index (χ0) is 17.2. The summed E-state index contributed by atoms with van der Waals surface area (Å²) in [5, 5.41) is 11.6. The van der Waals surface area contributed by atoms with Gasteiger partial charge in [-0.15, -0.1) is 10.2 Å². The largest absolute Gasteiger partial charge is 0.485 e. The first kappa shape index (κ1) is 15.9. The van der Waals surface area contributed by atoms with E-state index in [1.807, 2.05) is 25.1 Å². The van der Waals surface area contributed by atoms with Crippen LogP contribution in [-0.4, -0.2) is 33.4 Å². The summed E-state index contributed by atoms with van der Waals surface area (Å²) in [5.41, 5.74) is 0.